The summed E-state index contributed by atoms with van der Waals surface area (Å²) in [6.07, 6.45) is 2.29. The summed E-state index contributed by atoms with van der Waals surface area (Å²) >= 11 is 11.8. The van der Waals surface area contributed by atoms with Crippen molar-refractivity contribution in [3.8, 4) is 0 Å². The van der Waals surface area contributed by atoms with Gasteiger partial charge in [-0.3, -0.25) is 19.8 Å². The van der Waals surface area contributed by atoms with Crippen LogP contribution < -0.4 is 5.43 Å². The maximum Gasteiger partial charge on any atom is 0.271 e. The SMILES string of the molecule is C[C@@H]1CC[C@@H]2C(=O)N(NC(=O)c3ccc(Cl)cc3Cl)C(=O)[C@@H]2C1. The minimum Gasteiger partial charge on any atom is -0.272 e. The van der Waals surface area contributed by atoms with Crippen LogP contribution in [0.5, 0.6) is 0 Å². The van der Waals surface area contributed by atoms with Crippen LogP contribution in [0.15, 0.2) is 18.2 Å². The Hall–Kier alpha value is -1.59. The average Bonchev–Trinajstić information content (AvgIpc) is 2.72. The van der Waals surface area contributed by atoms with Crippen LogP contribution in [0.2, 0.25) is 10.0 Å². The van der Waals surface area contributed by atoms with E-state index in [1.54, 1.807) is 0 Å². The second-order valence-corrected chi connectivity index (χ2v) is 7.05. The molecule has 122 valence electrons. The molecule has 23 heavy (non-hydrogen) atoms. The summed E-state index contributed by atoms with van der Waals surface area (Å²) in [6.45, 7) is 2.07. The van der Waals surface area contributed by atoms with E-state index < -0.39 is 5.91 Å². The van der Waals surface area contributed by atoms with Crippen LogP contribution in [-0.2, 0) is 9.59 Å². The number of benzene rings is 1. The molecule has 1 aromatic rings. The van der Waals surface area contributed by atoms with Crippen molar-refractivity contribution >= 4 is 40.9 Å². The number of hydrogen-bond acceptors (Lipinski definition) is 3. The molecule has 0 bridgehead atoms. The Balaban J connectivity index is 1.78. The maximum atomic E-state index is 12.4. The fraction of sp³-hybridized carbons (Fsp3) is 0.438. The van der Waals surface area contributed by atoms with Gasteiger partial charge in [-0.1, -0.05) is 30.1 Å². The highest BCUT2D eigenvalue weighted by Crippen LogP contribution is 2.39. The van der Waals surface area contributed by atoms with Gasteiger partial charge in [-0.25, -0.2) is 0 Å². The number of carbonyl (C=O) groups is 3. The Bertz CT molecular complexity index is 692. The van der Waals surface area contributed by atoms with E-state index in [4.69, 9.17) is 23.2 Å². The first kappa shape index (κ1) is 16.3. The Kier molecular flexibility index (Phi) is 4.34. The van der Waals surface area contributed by atoms with E-state index in [1.807, 2.05) is 0 Å². The Morgan fingerprint density at radius 3 is 2.57 bits per heavy atom. The zero-order chi connectivity index (χ0) is 16.7. The molecule has 0 unspecified atom stereocenters. The molecule has 3 atom stereocenters. The van der Waals surface area contributed by atoms with Gasteiger partial charge in [0.1, 0.15) is 0 Å². The van der Waals surface area contributed by atoms with Gasteiger partial charge < -0.3 is 0 Å². The predicted molar refractivity (Wildman–Crippen MR) is 85.8 cm³/mol. The van der Waals surface area contributed by atoms with E-state index >= 15 is 0 Å². The highest BCUT2D eigenvalue weighted by molar-refractivity contribution is 6.36. The highest BCUT2D eigenvalue weighted by atomic mass is 35.5. The van der Waals surface area contributed by atoms with Crippen LogP contribution in [0.3, 0.4) is 0 Å². The van der Waals surface area contributed by atoms with Gasteiger partial charge in [0.25, 0.3) is 17.7 Å². The smallest absolute Gasteiger partial charge is 0.271 e. The third-order valence-corrected chi connectivity index (χ3v) is 5.12. The van der Waals surface area contributed by atoms with Gasteiger partial charge in [0, 0.05) is 5.02 Å². The number of halogens is 2. The topological polar surface area (TPSA) is 66.5 Å². The molecule has 1 aromatic carbocycles. The number of nitrogens with one attached hydrogen (secondary N) is 1. The summed E-state index contributed by atoms with van der Waals surface area (Å²) in [5, 5.41) is 1.43. The number of imide groups is 1. The van der Waals surface area contributed by atoms with Gasteiger partial charge in [0.15, 0.2) is 0 Å². The third-order valence-electron chi connectivity index (χ3n) is 4.58. The van der Waals surface area contributed by atoms with Crippen LogP contribution >= 0.6 is 23.2 Å². The van der Waals surface area contributed by atoms with Crippen molar-refractivity contribution in [1.29, 1.82) is 0 Å². The largest absolute Gasteiger partial charge is 0.272 e. The van der Waals surface area contributed by atoms with Crippen LogP contribution in [-0.4, -0.2) is 22.7 Å². The molecule has 1 saturated carbocycles. The lowest BCUT2D eigenvalue weighted by atomic mass is 9.76. The molecule has 1 heterocycles. The number of amides is 3. The van der Waals surface area contributed by atoms with Gasteiger partial charge in [0.05, 0.1) is 22.4 Å². The summed E-state index contributed by atoms with van der Waals surface area (Å²) in [5.74, 6) is -1.49. The van der Waals surface area contributed by atoms with Crippen LogP contribution in [0.1, 0.15) is 36.5 Å². The molecule has 3 rings (SSSR count). The lowest BCUT2D eigenvalue weighted by Crippen LogP contribution is -2.46. The number of hydrazine groups is 1. The number of fused-ring (bicyclic) bond motifs is 1. The van der Waals surface area contributed by atoms with E-state index in [9.17, 15) is 14.4 Å². The molecule has 1 N–H and O–H groups in total. The summed E-state index contributed by atoms with van der Waals surface area (Å²) in [4.78, 5) is 37.1. The standard InChI is InChI=1S/C16H16Cl2N2O3/c1-8-2-4-10-12(6-8)16(23)20(15(10)22)19-14(21)11-5-3-9(17)7-13(11)18/h3,5,7-8,10,12H,2,4,6H2,1H3,(H,19,21)/t8-,10+,12-/m1/s1. The highest BCUT2D eigenvalue weighted by Gasteiger charge is 2.50. The van der Waals surface area contributed by atoms with Crippen molar-refractivity contribution in [3.05, 3.63) is 33.8 Å². The fourth-order valence-corrected chi connectivity index (χ4v) is 3.83. The molecule has 0 radical (unpaired) electrons. The first-order valence-corrected chi connectivity index (χ1v) is 8.28. The number of nitrogens with zero attached hydrogens (tertiary/aromatic N) is 1. The quantitative estimate of drug-likeness (QED) is 0.830. The van der Waals surface area contributed by atoms with Crippen molar-refractivity contribution < 1.29 is 14.4 Å². The Morgan fingerprint density at radius 2 is 1.87 bits per heavy atom. The molecule has 1 aliphatic heterocycles. The molecular formula is C16H16Cl2N2O3. The van der Waals surface area contributed by atoms with Gasteiger partial charge in [-0.05, 0) is 43.4 Å². The summed E-state index contributed by atoms with van der Waals surface area (Å²) in [5.41, 5.74) is 2.56. The van der Waals surface area contributed by atoms with Crippen molar-refractivity contribution in [1.82, 2.24) is 10.4 Å². The second kappa shape index (κ2) is 6.13. The van der Waals surface area contributed by atoms with Crippen molar-refractivity contribution in [2.45, 2.75) is 26.2 Å². The zero-order valence-electron chi connectivity index (χ0n) is 12.5. The molecule has 1 aliphatic carbocycles. The molecule has 2 fully saturated rings. The fourth-order valence-electron chi connectivity index (χ4n) is 3.34. The van der Waals surface area contributed by atoms with E-state index in [0.717, 1.165) is 11.4 Å². The molecule has 0 spiro atoms. The average molecular weight is 355 g/mol. The van der Waals surface area contributed by atoms with Crippen molar-refractivity contribution in [2.75, 3.05) is 0 Å². The van der Waals surface area contributed by atoms with Crippen LogP contribution in [0, 0.1) is 17.8 Å². The van der Waals surface area contributed by atoms with Gasteiger partial charge in [-0.2, -0.15) is 5.01 Å². The van der Waals surface area contributed by atoms with E-state index in [2.05, 4.69) is 12.3 Å². The predicted octanol–water partition coefficient (Wildman–Crippen LogP) is 3.06. The zero-order valence-corrected chi connectivity index (χ0v) is 14.0. The second-order valence-electron chi connectivity index (χ2n) is 6.21. The van der Waals surface area contributed by atoms with E-state index in [0.29, 0.717) is 23.8 Å². The minimum atomic E-state index is -0.597. The number of carbonyl (C=O) groups excluding carboxylic acids is 3. The van der Waals surface area contributed by atoms with Crippen molar-refractivity contribution in [3.63, 3.8) is 0 Å². The lowest BCUT2D eigenvalue weighted by Gasteiger charge is -2.25. The number of hydrogen-bond donors (Lipinski definition) is 1. The summed E-state index contributed by atoms with van der Waals surface area (Å²) < 4.78 is 0. The first-order chi connectivity index (χ1) is 10.9. The molecule has 0 aromatic heterocycles. The summed E-state index contributed by atoms with van der Waals surface area (Å²) in [7, 11) is 0. The normalized spacial score (nSPS) is 27.1. The Morgan fingerprint density at radius 1 is 1.17 bits per heavy atom. The minimum absolute atomic E-state index is 0.167. The molecular weight excluding hydrogens is 339 g/mol. The lowest BCUT2D eigenvalue weighted by molar-refractivity contribution is -0.142. The molecule has 3 amide bonds. The molecule has 1 saturated heterocycles. The van der Waals surface area contributed by atoms with Gasteiger partial charge in [-0.15, -0.1) is 0 Å². The van der Waals surface area contributed by atoms with Crippen LogP contribution in [0.4, 0.5) is 0 Å². The molecule has 2 aliphatic rings. The van der Waals surface area contributed by atoms with Crippen molar-refractivity contribution in [2.24, 2.45) is 17.8 Å². The monoisotopic (exact) mass is 354 g/mol. The molecule has 7 heteroatoms. The van der Waals surface area contributed by atoms with Gasteiger partial charge >= 0.3 is 0 Å². The maximum absolute atomic E-state index is 12.4. The van der Waals surface area contributed by atoms with E-state index in [1.165, 1.54) is 18.2 Å². The third kappa shape index (κ3) is 2.95. The Labute approximate surface area is 143 Å². The number of rotatable bonds is 2. The van der Waals surface area contributed by atoms with Gasteiger partial charge in [0.2, 0.25) is 0 Å². The summed E-state index contributed by atoms with van der Waals surface area (Å²) in [6, 6.07) is 4.42. The van der Waals surface area contributed by atoms with E-state index in [-0.39, 0.29) is 34.2 Å². The first-order valence-electron chi connectivity index (χ1n) is 7.52. The van der Waals surface area contributed by atoms with Crippen LogP contribution in [0.25, 0.3) is 0 Å². The molecule has 5 nitrogen and oxygen atoms in total.